The van der Waals surface area contributed by atoms with Gasteiger partial charge < -0.3 is 4.57 Å². The highest BCUT2D eigenvalue weighted by molar-refractivity contribution is 6.91. The predicted molar refractivity (Wildman–Crippen MR) is 99.5 cm³/mol. The standard InChI is InChI=1S/C19H34N2Si/c1-14-9-10-16(11-15(14)2)12-17-13-21(6)18(20-17)22(7,8)19(3,4)5/h13,16H,9-12H2,1-8H3. The molecule has 0 fully saturated rings. The summed E-state index contributed by atoms with van der Waals surface area (Å²) in [5.41, 5.74) is 5.88. The molecule has 1 aromatic rings. The Kier molecular flexibility index (Phi) is 4.77. The topological polar surface area (TPSA) is 17.8 Å². The Balaban J connectivity index is 2.18. The molecule has 1 atom stereocenters. The third kappa shape index (κ3) is 3.39. The molecule has 1 unspecified atom stereocenters. The smallest absolute Gasteiger partial charge is 0.131 e. The van der Waals surface area contributed by atoms with Crippen LogP contribution in [0.1, 0.15) is 59.6 Å². The van der Waals surface area contributed by atoms with Gasteiger partial charge in [-0.05, 0) is 50.5 Å². The van der Waals surface area contributed by atoms with Crippen molar-refractivity contribution in [2.45, 2.75) is 78.4 Å². The van der Waals surface area contributed by atoms with Crippen LogP contribution in [-0.2, 0) is 13.5 Å². The molecule has 0 aromatic carbocycles. The molecule has 0 aliphatic heterocycles. The van der Waals surface area contributed by atoms with Crippen LogP contribution in [0.3, 0.4) is 0 Å². The molecule has 0 amide bonds. The largest absolute Gasteiger partial charge is 0.342 e. The highest BCUT2D eigenvalue weighted by Crippen LogP contribution is 2.35. The zero-order valence-electron chi connectivity index (χ0n) is 15.9. The molecule has 1 aliphatic carbocycles. The number of hydrogen-bond acceptors (Lipinski definition) is 1. The van der Waals surface area contributed by atoms with Crippen molar-refractivity contribution in [1.82, 2.24) is 9.55 Å². The van der Waals surface area contributed by atoms with Crippen LogP contribution in [0.2, 0.25) is 18.1 Å². The summed E-state index contributed by atoms with van der Waals surface area (Å²) in [5, 5.41) is 0.338. The van der Waals surface area contributed by atoms with Gasteiger partial charge in [0.1, 0.15) is 8.07 Å². The molecule has 124 valence electrons. The van der Waals surface area contributed by atoms with E-state index < -0.39 is 8.07 Å². The van der Waals surface area contributed by atoms with Gasteiger partial charge in [-0.15, -0.1) is 0 Å². The van der Waals surface area contributed by atoms with E-state index >= 15 is 0 Å². The zero-order valence-corrected chi connectivity index (χ0v) is 16.9. The Hall–Kier alpha value is -0.833. The van der Waals surface area contributed by atoms with E-state index in [2.05, 4.69) is 65.5 Å². The van der Waals surface area contributed by atoms with Gasteiger partial charge >= 0.3 is 0 Å². The lowest BCUT2D eigenvalue weighted by atomic mass is 9.83. The highest BCUT2D eigenvalue weighted by atomic mass is 28.3. The van der Waals surface area contributed by atoms with Crippen molar-refractivity contribution in [2.24, 2.45) is 13.0 Å². The molecule has 0 bridgehead atoms. The molecule has 0 spiro atoms. The minimum Gasteiger partial charge on any atom is -0.342 e. The summed E-state index contributed by atoms with van der Waals surface area (Å²) < 4.78 is 2.31. The first-order chi connectivity index (χ1) is 10.0. The minimum atomic E-state index is -1.55. The average Bonchev–Trinajstić information content (AvgIpc) is 2.74. The molecule has 1 aliphatic rings. The number of allylic oxidation sites excluding steroid dienone is 2. The average molecular weight is 319 g/mol. The van der Waals surface area contributed by atoms with E-state index in [1.54, 1.807) is 11.1 Å². The van der Waals surface area contributed by atoms with Crippen LogP contribution in [0.4, 0.5) is 0 Å². The molecule has 0 radical (unpaired) electrons. The first-order valence-electron chi connectivity index (χ1n) is 8.70. The number of aryl methyl sites for hydroxylation is 1. The number of aromatic nitrogens is 2. The molecular weight excluding hydrogens is 284 g/mol. The van der Waals surface area contributed by atoms with E-state index in [9.17, 15) is 0 Å². The second-order valence-corrected chi connectivity index (χ2v) is 14.1. The van der Waals surface area contributed by atoms with Gasteiger partial charge in [-0.3, -0.25) is 0 Å². The number of hydrogen-bond donors (Lipinski definition) is 0. The lowest BCUT2D eigenvalue weighted by molar-refractivity contribution is 0.448. The van der Waals surface area contributed by atoms with E-state index in [0.717, 1.165) is 12.3 Å². The van der Waals surface area contributed by atoms with Crippen LogP contribution in [0.15, 0.2) is 17.3 Å². The van der Waals surface area contributed by atoms with Crippen molar-refractivity contribution in [3.63, 3.8) is 0 Å². The summed E-state index contributed by atoms with van der Waals surface area (Å²) in [4.78, 5) is 5.09. The monoisotopic (exact) mass is 318 g/mol. The van der Waals surface area contributed by atoms with Gasteiger partial charge in [-0.2, -0.15) is 0 Å². The maximum absolute atomic E-state index is 5.09. The van der Waals surface area contributed by atoms with E-state index in [4.69, 9.17) is 4.98 Å². The zero-order chi connectivity index (χ0) is 16.7. The van der Waals surface area contributed by atoms with Crippen molar-refractivity contribution >= 4 is 13.5 Å². The summed E-state index contributed by atoms with van der Waals surface area (Å²) in [6.07, 6.45) is 7.30. The Labute approximate surface area is 138 Å². The van der Waals surface area contributed by atoms with Crippen molar-refractivity contribution in [3.05, 3.63) is 23.0 Å². The molecule has 22 heavy (non-hydrogen) atoms. The Morgan fingerprint density at radius 1 is 1.23 bits per heavy atom. The summed E-state index contributed by atoms with van der Waals surface area (Å²) in [5.74, 6) is 0.783. The third-order valence-corrected chi connectivity index (χ3v) is 11.4. The number of rotatable bonds is 3. The van der Waals surface area contributed by atoms with Crippen LogP contribution in [-0.4, -0.2) is 17.6 Å². The Bertz CT molecular complexity index is 573. The molecular formula is C19H34N2Si. The molecule has 0 saturated carbocycles. The molecule has 1 aromatic heterocycles. The van der Waals surface area contributed by atoms with Crippen molar-refractivity contribution in [2.75, 3.05) is 0 Å². The van der Waals surface area contributed by atoms with Crippen molar-refractivity contribution in [1.29, 1.82) is 0 Å². The molecule has 0 saturated heterocycles. The summed E-state index contributed by atoms with van der Waals surface area (Å²) >= 11 is 0. The molecule has 2 nitrogen and oxygen atoms in total. The SMILES string of the molecule is CC1=C(C)CC(Cc2cn(C)c([Si](C)(C)C(C)(C)C)n2)CC1. The maximum Gasteiger partial charge on any atom is 0.131 e. The van der Waals surface area contributed by atoms with E-state index in [1.165, 1.54) is 30.4 Å². The predicted octanol–water partition coefficient (Wildman–Crippen LogP) is 4.81. The van der Waals surface area contributed by atoms with Gasteiger partial charge in [0, 0.05) is 13.2 Å². The normalized spacial score (nSPS) is 20.6. The lowest BCUT2D eigenvalue weighted by Gasteiger charge is -2.35. The molecule has 0 N–H and O–H groups in total. The van der Waals surface area contributed by atoms with Gasteiger partial charge in [0.2, 0.25) is 0 Å². The summed E-state index contributed by atoms with van der Waals surface area (Å²) in [6.45, 7) is 16.6. The van der Waals surface area contributed by atoms with Crippen molar-refractivity contribution in [3.8, 4) is 0 Å². The molecule has 1 heterocycles. The minimum absolute atomic E-state index is 0.338. The van der Waals surface area contributed by atoms with Crippen LogP contribution in [0.5, 0.6) is 0 Å². The van der Waals surface area contributed by atoms with E-state index in [1.807, 2.05) is 0 Å². The second kappa shape index (κ2) is 5.99. The fourth-order valence-corrected chi connectivity index (χ4v) is 5.40. The Morgan fingerprint density at radius 3 is 2.41 bits per heavy atom. The van der Waals surface area contributed by atoms with Crippen LogP contribution < -0.4 is 5.45 Å². The van der Waals surface area contributed by atoms with E-state index in [0.29, 0.717) is 5.04 Å². The molecule has 2 rings (SSSR count). The highest BCUT2D eigenvalue weighted by Gasteiger charge is 2.40. The van der Waals surface area contributed by atoms with Gasteiger partial charge in [0.15, 0.2) is 0 Å². The van der Waals surface area contributed by atoms with E-state index in [-0.39, 0.29) is 0 Å². The van der Waals surface area contributed by atoms with Gasteiger partial charge in [-0.1, -0.05) is 45.0 Å². The van der Waals surface area contributed by atoms with Gasteiger partial charge in [-0.25, -0.2) is 4.98 Å². The van der Waals surface area contributed by atoms with Crippen LogP contribution in [0, 0.1) is 5.92 Å². The van der Waals surface area contributed by atoms with Gasteiger partial charge in [0.25, 0.3) is 0 Å². The Morgan fingerprint density at radius 2 is 1.86 bits per heavy atom. The number of imidazole rings is 1. The quantitative estimate of drug-likeness (QED) is 0.577. The first kappa shape index (κ1) is 17.5. The van der Waals surface area contributed by atoms with Gasteiger partial charge in [0.05, 0.1) is 11.1 Å². The first-order valence-corrected chi connectivity index (χ1v) is 11.7. The van der Waals surface area contributed by atoms with Crippen LogP contribution >= 0.6 is 0 Å². The fraction of sp³-hybridized carbons (Fsp3) is 0.737. The summed E-state index contributed by atoms with van der Waals surface area (Å²) in [6, 6.07) is 0. The molecule has 3 heteroatoms. The summed E-state index contributed by atoms with van der Waals surface area (Å²) in [7, 11) is 0.631. The third-order valence-electron chi connectivity index (χ3n) is 6.11. The lowest BCUT2D eigenvalue weighted by Crippen LogP contribution is -2.53. The maximum atomic E-state index is 5.09. The second-order valence-electron chi connectivity index (χ2n) is 8.92. The van der Waals surface area contributed by atoms with Crippen LogP contribution in [0.25, 0.3) is 0 Å². The number of nitrogens with zero attached hydrogens (tertiary/aromatic N) is 2. The van der Waals surface area contributed by atoms with Crippen molar-refractivity contribution < 1.29 is 0 Å². The fourth-order valence-electron chi connectivity index (χ4n) is 3.36.